The van der Waals surface area contributed by atoms with Gasteiger partial charge in [0, 0.05) is 15.9 Å². The van der Waals surface area contributed by atoms with E-state index in [1.807, 2.05) is 32.0 Å². The van der Waals surface area contributed by atoms with Gasteiger partial charge in [-0.25, -0.2) is 0 Å². The molecule has 0 radical (unpaired) electrons. The predicted octanol–water partition coefficient (Wildman–Crippen LogP) is 4.35. The molecule has 1 heterocycles. The number of aromatic nitrogens is 2. The SMILES string of the molecule is CC(C)c1nnsc1C(O)Cc1ccc(Br)cc1Cl. The summed E-state index contributed by atoms with van der Waals surface area (Å²) < 4.78 is 4.86. The Morgan fingerprint density at radius 3 is 2.79 bits per heavy atom. The summed E-state index contributed by atoms with van der Waals surface area (Å²) in [6, 6.07) is 5.67. The standard InChI is InChI=1S/C13H14BrClN2OS/c1-7(2)12-13(19-17-16-12)11(18)5-8-3-4-9(14)6-10(8)15/h3-4,6-7,11,18H,5H2,1-2H3. The minimum atomic E-state index is -0.615. The van der Waals surface area contributed by atoms with Gasteiger partial charge in [-0.05, 0) is 35.1 Å². The molecular formula is C13H14BrClN2OS. The molecule has 6 heteroatoms. The second-order valence-corrected chi connectivity index (χ2v) is 6.74. The maximum atomic E-state index is 10.3. The van der Waals surface area contributed by atoms with Gasteiger partial charge in [-0.1, -0.05) is 51.9 Å². The van der Waals surface area contributed by atoms with Gasteiger partial charge in [0.2, 0.25) is 0 Å². The van der Waals surface area contributed by atoms with Gasteiger partial charge < -0.3 is 5.11 Å². The summed E-state index contributed by atoms with van der Waals surface area (Å²) in [5, 5.41) is 15.1. The van der Waals surface area contributed by atoms with Gasteiger partial charge in [0.1, 0.15) is 0 Å². The van der Waals surface area contributed by atoms with Crippen molar-refractivity contribution in [1.29, 1.82) is 0 Å². The van der Waals surface area contributed by atoms with Crippen molar-refractivity contribution in [2.75, 3.05) is 0 Å². The molecule has 0 spiro atoms. The van der Waals surface area contributed by atoms with Crippen LogP contribution in [0.1, 0.15) is 42.0 Å². The van der Waals surface area contributed by atoms with E-state index in [1.54, 1.807) is 0 Å². The van der Waals surface area contributed by atoms with Crippen LogP contribution in [0.15, 0.2) is 22.7 Å². The van der Waals surface area contributed by atoms with Crippen molar-refractivity contribution in [3.63, 3.8) is 0 Å². The average Bonchev–Trinajstić information content (AvgIpc) is 2.82. The van der Waals surface area contributed by atoms with Crippen molar-refractivity contribution < 1.29 is 5.11 Å². The molecule has 1 aromatic carbocycles. The van der Waals surface area contributed by atoms with Gasteiger partial charge in [-0.2, -0.15) is 0 Å². The highest BCUT2D eigenvalue weighted by Gasteiger charge is 2.20. The molecule has 0 aliphatic rings. The van der Waals surface area contributed by atoms with E-state index >= 15 is 0 Å². The lowest BCUT2D eigenvalue weighted by atomic mass is 10.0. The van der Waals surface area contributed by atoms with E-state index < -0.39 is 6.10 Å². The quantitative estimate of drug-likeness (QED) is 0.880. The van der Waals surface area contributed by atoms with Gasteiger partial charge in [-0.15, -0.1) is 5.10 Å². The second kappa shape index (κ2) is 6.31. The molecule has 2 rings (SSSR count). The number of benzene rings is 1. The first-order valence-corrected chi connectivity index (χ1v) is 7.87. The maximum absolute atomic E-state index is 10.3. The third kappa shape index (κ3) is 3.54. The first kappa shape index (κ1) is 14.9. The van der Waals surface area contributed by atoms with Crippen LogP contribution in [0.3, 0.4) is 0 Å². The van der Waals surface area contributed by atoms with E-state index in [2.05, 4.69) is 25.5 Å². The molecule has 1 aromatic heterocycles. The molecule has 0 saturated carbocycles. The van der Waals surface area contributed by atoms with E-state index in [0.29, 0.717) is 11.4 Å². The van der Waals surface area contributed by atoms with Crippen molar-refractivity contribution in [3.05, 3.63) is 43.8 Å². The topological polar surface area (TPSA) is 46.0 Å². The Labute approximate surface area is 129 Å². The fourth-order valence-corrected chi connectivity index (χ4v) is 3.37. The molecule has 1 atom stereocenters. The molecule has 3 nitrogen and oxygen atoms in total. The number of aliphatic hydroxyl groups excluding tert-OH is 1. The lowest BCUT2D eigenvalue weighted by molar-refractivity contribution is 0.180. The Kier molecular flexibility index (Phi) is 4.95. The molecule has 1 N–H and O–H groups in total. The molecule has 0 aliphatic heterocycles. The summed E-state index contributed by atoms with van der Waals surface area (Å²) in [7, 11) is 0. The largest absolute Gasteiger partial charge is 0.387 e. The Morgan fingerprint density at radius 2 is 2.16 bits per heavy atom. The summed E-state index contributed by atoms with van der Waals surface area (Å²) in [6.45, 7) is 4.08. The lowest BCUT2D eigenvalue weighted by Gasteiger charge is -2.12. The molecular weight excluding hydrogens is 348 g/mol. The summed E-state index contributed by atoms with van der Waals surface area (Å²) >= 11 is 10.8. The Morgan fingerprint density at radius 1 is 1.42 bits per heavy atom. The fraction of sp³-hybridized carbons (Fsp3) is 0.385. The number of nitrogens with zero attached hydrogens (tertiary/aromatic N) is 2. The van der Waals surface area contributed by atoms with Crippen LogP contribution < -0.4 is 0 Å². The second-order valence-electron chi connectivity index (χ2n) is 4.63. The number of rotatable bonds is 4. The number of hydrogen-bond acceptors (Lipinski definition) is 4. The molecule has 19 heavy (non-hydrogen) atoms. The Balaban J connectivity index is 2.21. The van der Waals surface area contributed by atoms with E-state index in [1.165, 1.54) is 11.5 Å². The van der Waals surface area contributed by atoms with Crippen LogP contribution in [-0.2, 0) is 6.42 Å². The van der Waals surface area contributed by atoms with E-state index in [0.717, 1.165) is 20.6 Å². The minimum absolute atomic E-state index is 0.254. The zero-order valence-corrected chi connectivity index (χ0v) is 13.8. The normalized spacial score (nSPS) is 12.9. The summed E-state index contributed by atoms with van der Waals surface area (Å²) in [6.07, 6.45) is -0.147. The molecule has 102 valence electrons. The molecule has 2 aromatic rings. The van der Waals surface area contributed by atoms with Crippen LogP contribution >= 0.6 is 39.1 Å². The lowest BCUT2D eigenvalue weighted by Crippen LogP contribution is -2.04. The van der Waals surface area contributed by atoms with Gasteiger partial charge in [0.15, 0.2) is 0 Å². The van der Waals surface area contributed by atoms with Crippen LogP contribution in [0.25, 0.3) is 0 Å². The highest BCUT2D eigenvalue weighted by Crippen LogP contribution is 2.31. The molecule has 0 fully saturated rings. The zero-order valence-electron chi connectivity index (χ0n) is 10.6. The molecule has 0 aliphatic carbocycles. The monoisotopic (exact) mass is 360 g/mol. The van der Waals surface area contributed by atoms with Crippen LogP contribution in [0.2, 0.25) is 5.02 Å². The zero-order chi connectivity index (χ0) is 14.0. The highest BCUT2D eigenvalue weighted by atomic mass is 79.9. The fourth-order valence-electron chi connectivity index (χ4n) is 1.82. The van der Waals surface area contributed by atoms with Crippen LogP contribution in [0.5, 0.6) is 0 Å². The molecule has 0 amide bonds. The molecule has 1 unspecified atom stereocenters. The van der Waals surface area contributed by atoms with Gasteiger partial charge >= 0.3 is 0 Å². The van der Waals surface area contributed by atoms with Crippen molar-refractivity contribution in [2.45, 2.75) is 32.3 Å². The molecule has 0 bridgehead atoms. The summed E-state index contributed by atoms with van der Waals surface area (Å²) in [4.78, 5) is 0.828. The minimum Gasteiger partial charge on any atom is -0.387 e. The van der Waals surface area contributed by atoms with Crippen LogP contribution in [0.4, 0.5) is 0 Å². The van der Waals surface area contributed by atoms with E-state index in [-0.39, 0.29) is 5.92 Å². The Bertz CT molecular complexity index is 574. The first-order valence-electron chi connectivity index (χ1n) is 5.93. The Hall–Kier alpha value is -0.490. The third-order valence-corrected chi connectivity index (χ3v) is 4.50. The van der Waals surface area contributed by atoms with Crippen molar-refractivity contribution in [3.8, 4) is 0 Å². The molecule has 0 saturated heterocycles. The van der Waals surface area contributed by atoms with E-state index in [4.69, 9.17) is 11.6 Å². The number of aliphatic hydroxyl groups is 1. The van der Waals surface area contributed by atoms with E-state index in [9.17, 15) is 5.11 Å². The summed E-state index contributed by atoms with van der Waals surface area (Å²) in [5.41, 5.74) is 1.78. The predicted molar refractivity (Wildman–Crippen MR) is 81.8 cm³/mol. The van der Waals surface area contributed by atoms with Crippen molar-refractivity contribution in [1.82, 2.24) is 9.59 Å². The highest BCUT2D eigenvalue weighted by molar-refractivity contribution is 9.10. The van der Waals surface area contributed by atoms with Gasteiger partial charge in [0.25, 0.3) is 0 Å². The van der Waals surface area contributed by atoms with Crippen molar-refractivity contribution in [2.24, 2.45) is 0 Å². The van der Waals surface area contributed by atoms with Crippen LogP contribution in [0, 0.1) is 0 Å². The average molecular weight is 362 g/mol. The number of halogens is 2. The smallest absolute Gasteiger partial charge is 0.0957 e. The first-order chi connectivity index (χ1) is 8.99. The summed E-state index contributed by atoms with van der Waals surface area (Å²) in [5.74, 6) is 0.254. The van der Waals surface area contributed by atoms with Gasteiger partial charge in [0.05, 0.1) is 16.7 Å². The van der Waals surface area contributed by atoms with Crippen molar-refractivity contribution >= 4 is 39.1 Å². The maximum Gasteiger partial charge on any atom is 0.0957 e. The third-order valence-electron chi connectivity index (χ3n) is 2.82. The number of hydrogen-bond donors (Lipinski definition) is 1. The van der Waals surface area contributed by atoms with Crippen LogP contribution in [-0.4, -0.2) is 14.7 Å². The van der Waals surface area contributed by atoms with Gasteiger partial charge in [-0.3, -0.25) is 0 Å².